The van der Waals surface area contributed by atoms with Crippen molar-refractivity contribution in [2.45, 2.75) is 51.9 Å². The monoisotopic (exact) mass is 300 g/mol. The Morgan fingerprint density at radius 3 is 2.64 bits per heavy atom. The first-order valence-electron chi connectivity index (χ1n) is 8.37. The molecule has 3 rings (SSSR count). The van der Waals surface area contributed by atoms with Crippen LogP contribution in [0.25, 0.3) is 0 Å². The summed E-state index contributed by atoms with van der Waals surface area (Å²) in [6, 6.07) is 5.86. The van der Waals surface area contributed by atoms with Crippen LogP contribution in [-0.4, -0.2) is 18.4 Å². The minimum atomic E-state index is 0.127. The molecule has 22 heavy (non-hydrogen) atoms. The first-order chi connectivity index (χ1) is 10.6. The smallest absolute Gasteiger partial charge is 0.227 e. The van der Waals surface area contributed by atoms with E-state index in [0.29, 0.717) is 6.42 Å². The maximum Gasteiger partial charge on any atom is 0.227 e. The highest BCUT2D eigenvalue weighted by molar-refractivity contribution is 5.98. The van der Waals surface area contributed by atoms with E-state index in [0.717, 1.165) is 55.6 Å². The maximum atomic E-state index is 12.4. The van der Waals surface area contributed by atoms with Crippen molar-refractivity contribution < 1.29 is 9.59 Å². The number of aryl methyl sites for hydroxylation is 1. The first kappa shape index (κ1) is 15.1. The average Bonchev–Trinajstić information content (AvgIpc) is 2.96. The van der Waals surface area contributed by atoms with Crippen molar-refractivity contribution in [3.63, 3.8) is 0 Å². The van der Waals surface area contributed by atoms with Gasteiger partial charge in [0, 0.05) is 30.3 Å². The second-order valence-electron chi connectivity index (χ2n) is 6.47. The summed E-state index contributed by atoms with van der Waals surface area (Å²) in [4.78, 5) is 26.1. The lowest BCUT2D eigenvalue weighted by atomic mass is 9.88. The van der Waals surface area contributed by atoms with Crippen molar-refractivity contribution in [3.8, 4) is 0 Å². The Morgan fingerprint density at radius 2 is 1.95 bits per heavy atom. The van der Waals surface area contributed by atoms with E-state index in [9.17, 15) is 9.59 Å². The maximum absolute atomic E-state index is 12.4. The third kappa shape index (κ3) is 3.16. The Balaban J connectivity index is 1.74. The summed E-state index contributed by atoms with van der Waals surface area (Å²) in [5.74, 6) is 0.452. The second kappa shape index (κ2) is 6.51. The summed E-state index contributed by atoms with van der Waals surface area (Å²) in [5, 5.41) is 3.04. The van der Waals surface area contributed by atoms with Crippen LogP contribution in [0.3, 0.4) is 0 Å². The molecular formula is C18H24N2O2. The Bertz CT molecular complexity index is 576. The summed E-state index contributed by atoms with van der Waals surface area (Å²) in [7, 11) is 0. The quantitative estimate of drug-likeness (QED) is 0.926. The summed E-state index contributed by atoms with van der Waals surface area (Å²) in [6.45, 7) is 2.79. The molecule has 0 aromatic heterocycles. The van der Waals surface area contributed by atoms with E-state index >= 15 is 0 Å². The topological polar surface area (TPSA) is 49.4 Å². The molecule has 1 aliphatic heterocycles. The highest BCUT2D eigenvalue weighted by Gasteiger charge is 2.24. The minimum absolute atomic E-state index is 0.127. The van der Waals surface area contributed by atoms with E-state index in [1.807, 2.05) is 30.0 Å². The predicted octanol–water partition coefficient (Wildman–Crippen LogP) is 3.64. The van der Waals surface area contributed by atoms with Gasteiger partial charge in [0.25, 0.3) is 0 Å². The van der Waals surface area contributed by atoms with Gasteiger partial charge < -0.3 is 10.2 Å². The van der Waals surface area contributed by atoms with Crippen LogP contribution < -0.4 is 10.2 Å². The average molecular weight is 300 g/mol. The van der Waals surface area contributed by atoms with Crippen LogP contribution in [0.2, 0.25) is 0 Å². The standard InChI is InChI=1S/C18H24N2O2/c1-13-9-10-15(12-16(13)20-11-5-8-17(20)21)19-18(22)14-6-3-2-4-7-14/h9-10,12,14H,2-8,11H2,1H3,(H,19,22). The molecule has 2 amide bonds. The SMILES string of the molecule is Cc1ccc(NC(=O)C2CCCCC2)cc1N1CCCC1=O. The number of hydrogen-bond acceptors (Lipinski definition) is 2. The van der Waals surface area contributed by atoms with Crippen molar-refractivity contribution in [3.05, 3.63) is 23.8 Å². The van der Waals surface area contributed by atoms with E-state index in [1.54, 1.807) is 0 Å². The van der Waals surface area contributed by atoms with Crippen molar-refractivity contribution in [1.82, 2.24) is 0 Å². The molecule has 1 aliphatic carbocycles. The van der Waals surface area contributed by atoms with Crippen LogP contribution in [-0.2, 0) is 9.59 Å². The lowest BCUT2D eigenvalue weighted by molar-refractivity contribution is -0.120. The van der Waals surface area contributed by atoms with Crippen LogP contribution in [0.1, 0.15) is 50.5 Å². The van der Waals surface area contributed by atoms with Crippen LogP contribution in [0, 0.1) is 12.8 Å². The molecule has 0 unspecified atom stereocenters. The fourth-order valence-electron chi connectivity index (χ4n) is 3.49. The van der Waals surface area contributed by atoms with Crippen LogP contribution >= 0.6 is 0 Å². The number of nitrogens with one attached hydrogen (secondary N) is 1. The third-order valence-electron chi connectivity index (χ3n) is 4.82. The molecule has 4 nitrogen and oxygen atoms in total. The zero-order chi connectivity index (χ0) is 15.5. The molecule has 2 aliphatic rings. The van der Waals surface area contributed by atoms with Gasteiger partial charge in [-0.05, 0) is 43.9 Å². The molecule has 0 atom stereocenters. The van der Waals surface area contributed by atoms with Gasteiger partial charge in [0.05, 0.1) is 0 Å². The molecule has 1 saturated heterocycles. The lowest BCUT2D eigenvalue weighted by Crippen LogP contribution is -2.26. The molecule has 1 N–H and O–H groups in total. The summed E-state index contributed by atoms with van der Waals surface area (Å²) in [6.07, 6.45) is 7.08. The van der Waals surface area contributed by atoms with Gasteiger partial charge >= 0.3 is 0 Å². The molecule has 0 bridgehead atoms. The van der Waals surface area contributed by atoms with E-state index in [4.69, 9.17) is 0 Å². The number of amides is 2. The van der Waals surface area contributed by atoms with Gasteiger partial charge in [0.2, 0.25) is 11.8 Å². The highest BCUT2D eigenvalue weighted by atomic mass is 16.2. The molecule has 4 heteroatoms. The van der Waals surface area contributed by atoms with Crippen LogP contribution in [0.5, 0.6) is 0 Å². The number of carbonyl (C=O) groups is 2. The van der Waals surface area contributed by atoms with E-state index < -0.39 is 0 Å². The van der Waals surface area contributed by atoms with Crippen molar-refractivity contribution >= 4 is 23.2 Å². The van der Waals surface area contributed by atoms with Crippen LogP contribution in [0.15, 0.2) is 18.2 Å². The largest absolute Gasteiger partial charge is 0.326 e. The first-order valence-corrected chi connectivity index (χ1v) is 8.37. The molecule has 1 heterocycles. The van der Waals surface area contributed by atoms with Gasteiger partial charge in [-0.3, -0.25) is 9.59 Å². The lowest BCUT2D eigenvalue weighted by Gasteiger charge is -2.22. The summed E-state index contributed by atoms with van der Waals surface area (Å²) in [5.41, 5.74) is 2.81. The Labute approximate surface area is 131 Å². The zero-order valence-electron chi connectivity index (χ0n) is 13.2. The molecule has 1 aromatic rings. The van der Waals surface area contributed by atoms with Gasteiger partial charge in [-0.15, -0.1) is 0 Å². The highest BCUT2D eigenvalue weighted by Crippen LogP contribution is 2.29. The second-order valence-corrected chi connectivity index (χ2v) is 6.47. The van der Waals surface area contributed by atoms with E-state index in [1.165, 1.54) is 6.42 Å². The molecule has 1 saturated carbocycles. The molecule has 2 fully saturated rings. The summed E-state index contributed by atoms with van der Waals surface area (Å²) < 4.78 is 0. The van der Waals surface area contributed by atoms with Crippen molar-refractivity contribution in [2.24, 2.45) is 5.92 Å². The number of hydrogen-bond donors (Lipinski definition) is 1. The third-order valence-corrected chi connectivity index (χ3v) is 4.82. The number of rotatable bonds is 3. The van der Waals surface area contributed by atoms with Gasteiger partial charge in [-0.2, -0.15) is 0 Å². The van der Waals surface area contributed by atoms with Gasteiger partial charge in [0.1, 0.15) is 0 Å². The predicted molar refractivity (Wildman–Crippen MR) is 88.0 cm³/mol. The Morgan fingerprint density at radius 1 is 1.18 bits per heavy atom. The van der Waals surface area contributed by atoms with Crippen molar-refractivity contribution in [2.75, 3.05) is 16.8 Å². The number of benzene rings is 1. The number of anilines is 2. The van der Waals surface area contributed by atoms with E-state index in [2.05, 4.69) is 5.32 Å². The number of carbonyl (C=O) groups excluding carboxylic acids is 2. The van der Waals surface area contributed by atoms with Crippen molar-refractivity contribution in [1.29, 1.82) is 0 Å². The van der Waals surface area contributed by atoms with E-state index in [-0.39, 0.29) is 17.7 Å². The fraction of sp³-hybridized carbons (Fsp3) is 0.556. The zero-order valence-corrected chi connectivity index (χ0v) is 13.2. The van der Waals surface area contributed by atoms with Gasteiger partial charge in [-0.25, -0.2) is 0 Å². The fourth-order valence-corrected chi connectivity index (χ4v) is 3.49. The molecule has 0 spiro atoms. The molecule has 118 valence electrons. The van der Waals surface area contributed by atoms with Crippen LogP contribution in [0.4, 0.5) is 11.4 Å². The molecule has 0 radical (unpaired) electrons. The normalized spacial score (nSPS) is 19.5. The van der Waals surface area contributed by atoms with Gasteiger partial charge in [-0.1, -0.05) is 25.3 Å². The number of nitrogens with zero attached hydrogens (tertiary/aromatic N) is 1. The Hall–Kier alpha value is -1.84. The molecule has 1 aromatic carbocycles. The molecular weight excluding hydrogens is 276 g/mol. The minimum Gasteiger partial charge on any atom is -0.326 e. The summed E-state index contributed by atoms with van der Waals surface area (Å²) >= 11 is 0. The Kier molecular flexibility index (Phi) is 4.46. The van der Waals surface area contributed by atoms with Gasteiger partial charge in [0.15, 0.2) is 0 Å².